The Morgan fingerprint density at radius 3 is 2.54 bits per heavy atom. The molecular weight excluding hydrogens is 519 g/mol. The number of rotatable bonds is 8. The van der Waals surface area contributed by atoms with E-state index in [0.29, 0.717) is 36.3 Å². The lowest BCUT2D eigenvalue weighted by Gasteiger charge is -2.58. The Morgan fingerprint density at radius 1 is 1.05 bits per heavy atom. The zero-order valence-corrected chi connectivity index (χ0v) is 25.6. The second kappa shape index (κ2) is 11.4. The normalized spacial score (nSPS) is 35.3. The lowest BCUT2D eigenvalue weighted by Crippen LogP contribution is -2.50. The third-order valence-corrected chi connectivity index (χ3v) is 12.3. The molecule has 1 N–H and O–H groups in total. The highest BCUT2D eigenvalue weighted by atomic mass is 19.1. The average molecular weight is 569 g/mol. The number of aromatic amines is 1. The fourth-order valence-electron chi connectivity index (χ4n) is 10.0. The van der Waals surface area contributed by atoms with Gasteiger partial charge in [-0.3, -0.25) is 14.4 Å². The SMILES string of the molecule is CC(C)CCC[C@@H](C)[C@H]1CC[C@H]2[C@@H]3CC=C4C[C@@H](C(=O)CC(=O)n5c(=O)[nH]cc(F)c5=O)CC[C@]4(C)[C@H]3CC[C@]12C. The predicted octanol–water partition coefficient (Wildman–Crippen LogP) is 6.93. The van der Waals surface area contributed by atoms with Crippen LogP contribution in [0.25, 0.3) is 0 Å². The first-order valence-electron chi connectivity index (χ1n) is 16.1. The standard InChI is InChI=1S/C34H49FN2O4/c1-20(2)7-6-8-21(3)25-11-12-26-24-10-9-23-17-22(13-15-33(23,4)27(24)14-16-34(25,26)5)29(38)18-30(39)37-31(40)28(35)19-36-32(37)41/h9,19-22,24-27H,6-8,10-18H2,1-5H3,(H,36,41)/t21-,22+,24+,25-,26+,27+,33+,34-/m1/s1. The van der Waals surface area contributed by atoms with Crippen molar-refractivity contribution in [2.45, 2.75) is 112 Å². The summed E-state index contributed by atoms with van der Waals surface area (Å²) >= 11 is 0. The maximum absolute atomic E-state index is 13.7. The smallest absolute Gasteiger partial charge is 0.311 e. The summed E-state index contributed by atoms with van der Waals surface area (Å²) in [6.45, 7) is 12.2. The summed E-state index contributed by atoms with van der Waals surface area (Å²) < 4.78 is 13.9. The molecule has 4 aliphatic rings. The molecule has 0 saturated heterocycles. The summed E-state index contributed by atoms with van der Waals surface area (Å²) in [6.07, 6.45) is 15.1. The van der Waals surface area contributed by atoms with Crippen molar-refractivity contribution in [1.82, 2.24) is 9.55 Å². The first-order valence-corrected chi connectivity index (χ1v) is 16.1. The number of halogens is 1. The highest BCUT2D eigenvalue weighted by Gasteiger charge is 2.59. The molecule has 41 heavy (non-hydrogen) atoms. The third-order valence-electron chi connectivity index (χ3n) is 12.3. The number of nitrogens with one attached hydrogen (secondary N) is 1. The zero-order valence-electron chi connectivity index (χ0n) is 25.6. The molecule has 0 unspecified atom stereocenters. The van der Waals surface area contributed by atoms with Crippen molar-refractivity contribution in [3.05, 3.63) is 44.5 Å². The summed E-state index contributed by atoms with van der Waals surface area (Å²) in [5.41, 5.74) is -0.456. The van der Waals surface area contributed by atoms with E-state index in [1.54, 1.807) is 0 Å². The number of ketones is 1. The van der Waals surface area contributed by atoms with Gasteiger partial charge in [0.15, 0.2) is 0 Å². The first kappa shape index (κ1) is 30.2. The summed E-state index contributed by atoms with van der Waals surface area (Å²) in [4.78, 5) is 51.9. The van der Waals surface area contributed by atoms with Gasteiger partial charge in [0.2, 0.25) is 11.7 Å². The number of hydrogen-bond acceptors (Lipinski definition) is 4. The van der Waals surface area contributed by atoms with Gasteiger partial charge in [0.25, 0.3) is 5.56 Å². The second-order valence-corrected chi connectivity index (χ2v) is 14.8. The number of nitrogens with zero attached hydrogens (tertiary/aromatic N) is 1. The van der Waals surface area contributed by atoms with Crippen molar-refractivity contribution in [2.75, 3.05) is 0 Å². The van der Waals surface area contributed by atoms with Crippen molar-refractivity contribution < 1.29 is 14.0 Å². The van der Waals surface area contributed by atoms with Crippen molar-refractivity contribution in [1.29, 1.82) is 0 Å². The molecule has 1 aromatic rings. The van der Waals surface area contributed by atoms with Crippen LogP contribution in [-0.2, 0) is 4.79 Å². The molecule has 1 heterocycles. The van der Waals surface area contributed by atoms with Crippen LogP contribution in [0.2, 0.25) is 0 Å². The molecule has 7 heteroatoms. The Balaban J connectivity index is 1.26. The molecule has 0 bridgehead atoms. The van der Waals surface area contributed by atoms with E-state index >= 15 is 0 Å². The molecule has 0 aliphatic heterocycles. The lowest BCUT2D eigenvalue weighted by molar-refractivity contribution is -0.123. The van der Waals surface area contributed by atoms with Gasteiger partial charge in [-0.1, -0.05) is 65.5 Å². The number of allylic oxidation sites excluding steroid dienone is 2. The van der Waals surface area contributed by atoms with Crippen LogP contribution in [-0.4, -0.2) is 21.2 Å². The van der Waals surface area contributed by atoms with Crippen molar-refractivity contribution in [3.63, 3.8) is 0 Å². The van der Waals surface area contributed by atoms with E-state index in [9.17, 15) is 23.6 Å². The van der Waals surface area contributed by atoms with Crippen molar-refractivity contribution >= 4 is 11.7 Å². The van der Waals surface area contributed by atoms with Gasteiger partial charge in [-0.2, -0.15) is 8.96 Å². The minimum absolute atomic E-state index is 0.0860. The van der Waals surface area contributed by atoms with Gasteiger partial charge in [-0.25, -0.2) is 4.79 Å². The number of H-pyrrole nitrogens is 1. The van der Waals surface area contributed by atoms with Crippen LogP contribution in [0.5, 0.6) is 0 Å². The Kier molecular flexibility index (Phi) is 8.39. The fraction of sp³-hybridized carbons (Fsp3) is 0.765. The highest BCUT2D eigenvalue weighted by molar-refractivity contribution is 6.00. The molecule has 8 atom stereocenters. The Bertz CT molecular complexity index is 1330. The Hall–Kier alpha value is -2.31. The molecular formula is C34H49FN2O4. The van der Waals surface area contributed by atoms with Gasteiger partial charge < -0.3 is 4.98 Å². The van der Waals surface area contributed by atoms with E-state index in [-0.39, 0.29) is 21.7 Å². The van der Waals surface area contributed by atoms with Gasteiger partial charge in [0.05, 0.1) is 6.42 Å². The van der Waals surface area contributed by atoms with Gasteiger partial charge in [-0.15, -0.1) is 0 Å². The molecule has 4 aliphatic carbocycles. The van der Waals surface area contributed by atoms with Gasteiger partial charge in [0.1, 0.15) is 5.78 Å². The fourth-order valence-corrected chi connectivity index (χ4v) is 10.0. The number of hydrogen-bond donors (Lipinski definition) is 1. The van der Waals surface area contributed by atoms with E-state index in [0.717, 1.165) is 36.5 Å². The summed E-state index contributed by atoms with van der Waals surface area (Å²) in [7, 11) is 0. The highest BCUT2D eigenvalue weighted by Crippen LogP contribution is 2.67. The van der Waals surface area contributed by atoms with Crippen LogP contribution in [0.1, 0.15) is 116 Å². The monoisotopic (exact) mass is 568 g/mol. The maximum atomic E-state index is 13.7. The predicted molar refractivity (Wildman–Crippen MR) is 158 cm³/mol. The van der Waals surface area contributed by atoms with E-state index < -0.39 is 29.4 Å². The average Bonchev–Trinajstić information content (AvgIpc) is 3.27. The van der Waals surface area contributed by atoms with Crippen molar-refractivity contribution in [2.24, 2.45) is 52.3 Å². The third kappa shape index (κ3) is 5.35. The van der Waals surface area contributed by atoms with E-state index in [1.165, 1.54) is 50.5 Å². The van der Waals surface area contributed by atoms with Crippen LogP contribution < -0.4 is 11.2 Å². The molecule has 0 amide bonds. The zero-order chi connectivity index (χ0) is 29.7. The molecule has 1 aromatic heterocycles. The summed E-state index contributed by atoms with van der Waals surface area (Å²) in [5.74, 6) is 1.73. The molecule has 3 saturated carbocycles. The first-order chi connectivity index (χ1) is 19.4. The van der Waals surface area contributed by atoms with E-state index in [2.05, 4.69) is 40.7 Å². The van der Waals surface area contributed by atoms with Gasteiger partial charge in [0, 0.05) is 12.1 Å². The number of aromatic nitrogens is 2. The molecule has 3 fully saturated rings. The Labute approximate surface area is 243 Å². The van der Waals surface area contributed by atoms with Crippen LogP contribution in [0.3, 0.4) is 0 Å². The van der Waals surface area contributed by atoms with Gasteiger partial charge >= 0.3 is 5.69 Å². The topological polar surface area (TPSA) is 89.0 Å². The maximum Gasteiger partial charge on any atom is 0.335 e. The number of carbonyl (C=O) groups excluding carboxylic acids is 2. The number of carbonyl (C=O) groups is 2. The largest absolute Gasteiger partial charge is 0.335 e. The quantitative estimate of drug-likeness (QED) is 0.272. The van der Waals surface area contributed by atoms with E-state index in [1.807, 2.05) is 4.98 Å². The summed E-state index contributed by atoms with van der Waals surface area (Å²) in [5, 5.41) is 0. The van der Waals surface area contributed by atoms with Crippen LogP contribution >= 0.6 is 0 Å². The minimum atomic E-state index is -1.31. The van der Waals surface area contributed by atoms with Crippen molar-refractivity contribution in [3.8, 4) is 0 Å². The molecule has 6 nitrogen and oxygen atoms in total. The molecule has 5 rings (SSSR count). The minimum Gasteiger partial charge on any atom is -0.311 e. The molecule has 0 radical (unpaired) electrons. The van der Waals surface area contributed by atoms with E-state index in [4.69, 9.17) is 0 Å². The summed E-state index contributed by atoms with van der Waals surface area (Å²) in [6, 6.07) is 0. The molecule has 0 spiro atoms. The second-order valence-electron chi connectivity index (χ2n) is 14.8. The lowest BCUT2D eigenvalue weighted by atomic mass is 9.46. The van der Waals surface area contributed by atoms with Crippen LogP contribution in [0.15, 0.2) is 27.4 Å². The molecule has 0 aromatic carbocycles. The van der Waals surface area contributed by atoms with Crippen LogP contribution in [0, 0.1) is 58.1 Å². The number of fused-ring (bicyclic) bond motifs is 5. The molecule has 226 valence electrons. The number of Topliss-reactive ketones (excluding diaryl/α,β-unsaturated/α-hetero) is 1. The van der Waals surface area contributed by atoms with Crippen LogP contribution in [0.4, 0.5) is 4.39 Å². The Morgan fingerprint density at radius 2 is 1.80 bits per heavy atom. The van der Waals surface area contributed by atoms with Gasteiger partial charge in [-0.05, 0) is 97.7 Å².